The first-order valence-corrected chi connectivity index (χ1v) is 3.63. The lowest BCUT2D eigenvalue weighted by Crippen LogP contribution is -2.01. The fourth-order valence-corrected chi connectivity index (χ4v) is 0.212. The highest BCUT2D eigenvalue weighted by atomic mass is 28.2. The van der Waals surface area contributed by atoms with Crippen molar-refractivity contribution in [1.29, 1.82) is 0 Å². The van der Waals surface area contributed by atoms with Crippen molar-refractivity contribution in [3.8, 4) is 0 Å². The molecule has 0 aliphatic rings. The van der Waals surface area contributed by atoms with E-state index in [-0.39, 0.29) is 12.5 Å². The second kappa shape index (κ2) is 4.14. The van der Waals surface area contributed by atoms with Crippen molar-refractivity contribution in [3.63, 3.8) is 0 Å². The average Bonchev–Trinajstić information content (AvgIpc) is 1.41. The summed E-state index contributed by atoms with van der Waals surface area (Å²) >= 11 is 0. The maximum atomic E-state index is 7.97. The number of aliphatic hydroxyl groups excluding tert-OH is 2. The Bertz CT molecular complexity index is 15.1. The van der Waals surface area contributed by atoms with Crippen LogP contribution in [0.4, 0.5) is 0 Å². The second-order valence-electron chi connectivity index (χ2n) is 0.801. The summed E-state index contributed by atoms with van der Waals surface area (Å²) in [5.74, 6) is 0. The van der Waals surface area contributed by atoms with Gasteiger partial charge in [0.1, 0.15) is 0 Å². The van der Waals surface area contributed by atoms with E-state index in [1.54, 1.807) is 0 Å². The lowest BCUT2D eigenvalue weighted by molar-refractivity contribution is 0.336. The van der Waals surface area contributed by atoms with Crippen LogP contribution < -0.4 is 0 Å². The minimum atomic E-state index is -0.457. The van der Waals surface area contributed by atoms with Crippen LogP contribution in [0.5, 0.6) is 0 Å². The molecule has 0 heterocycles. The fourth-order valence-electron chi connectivity index (χ4n) is 0.0707. The molecule has 0 aromatic rings. The standard InChI is InChI=1S/C2H8O2Si/c3-1-5-2-4/h3-4H,1-2,5H2. The molecule has 0 radical (unpaired) electrons. The highest BCUT2D eigenvalue weighted by Gasteiger charge is 1.72. The molecule has 0 aliphatic heterocycles. The van der Waals surface area contributed by atoms with E-state index in [4.69, 9.17) is 10.2 Å². The average molecular weight is 92.2 g/mol. The predicted octanol–water partition coefficient (Wildman–Crippen LogP) is -1.95. The van der Waals surface area contributed by atoms with Crippen LogP contribution in [0.2, 0.25) is 0 Å². The first kappa shape index (κ1) is 5.14. The van der Waals surface area contributed by atoms with Crippen LogP contribution in [-0.2, 0) is 0 Å². The van der Waals surface area contributed by atoms with Gasteiger partial charge in [-0.1, -0.05) is 0 Å². The number of aliphatic hydroxyl groups is 2. The molecule has 2 nitrogen and oxygen atoms in total. The van der Waals surface area contributed by atoms with Gasteiger partial charge in [-0.3, -0.25) is 0 Å². The maximum Gasteiger partial charge on any atom is 0.0815 e. The van der Waals surface area contributed by atoms with E-state index in [1.165, 1.54) is 0 Å². The number of hydrogen-bond acceptors (Lipinski definition) is 2. The monoisotopic (exact) mass is 92.0 g/mol. The van der Waals surface area contributed by atoms with E-state index in [2.05, 4.69) is 0 Å². The van der Waals surface area contributed by atoms with Crippen LogP contribution in [0.3, 0.4) is 0 Å². The molecule has 0 aliphatic carbocycles. The van der Waals surface area contributed by atoms with Gasteiger partial charge in [-0.2, -0.15) is 0 Å². The van der Waals surface area contributed by atoms with Crippen molar-refractivity contribution in [2.24, 2.45) is 0 Å². The molecule has 0 spiro atoms. The Labute approximate surface area is 33.3 Å². The molecule has 2 N–H and O–H groups in total. The molecule has 0 bridgehead atoms. The van der Waals surface area contributed by atoms with E-state index in [0.29, 0.717) is 0 Å². The van der Waals surface area contributed by atoms with Crippen molar-refractivity contribution in [2.75, 3.05) is 12.5 Å². The highest BCUT2D eigenvalue weighted by Crippen LogP contribution is 1.46. The summed E-state index contributed by atoms with van der Waals surface area (Å²) < 4.78 is 0. The van der Waals surface area contributed by atoms with Gasteiger partial charge in [0.2, 0.25) is 0 Å². The Morgan fingerprint density at radius 2 is 1.60 bits per heavy atom. The predicted molar refractivity (Wildman–Crippen MR) is 22.7 cm³/mol. The van der Waals surface area contributed by atoms with Gasteiger partial charge in [0.25, 0.3) is 0 Å². The SMILES string of the molecule is OC[SiH2]CO. The normalized spacial score (nSPS) is 8.40. The fraction of sp³-hybridized carbons (Fsp3) is 1.00. The van der Waals surface area contributed by atoms with Crippen LogP contribution in [0.15, 0.2) is 0 Å². The summed E-state index contributed by atoms with van der Waals surface area (Å²) in [6, 6.07) is 0. The Hall–Kier alpha value is 0.137. The largest absolute Gasteiger partial charge is 0.400 e. The van der Waals surface area contributed by atoms with Crippen LogP contribution in [0.25, 0.3) is 0 Å². The molecule has 3 heteroatoms. The van der Waals surface area contributed by atoms with Crippen LogP contribution in [0.1, 0.15) is 0 Å². The molecule has 5 heavy (non-hydrogen) atoms. The third-order valence-electron chi connectivity index (χ3n) is 0.316. The summed E-state index contributed by atoms with van der Waals surface area (Å²) in [5.41, 5.74) is 0. The van der Waals surface area contributed by atoms with Gasteiger partial charge in [-0.25, -0.2) is 0 Å². The second-order valence-corrected chi connectivity index (χ2v) is 2.40. The molecule has 0 saturated carbocycles. The quantitative estimate of drug-likeness (QED) is 0.389. The molecular formula is C2H8O2Si. The van der Waals surface area contributed by atoms with Crippen molar-refractivity contribution in [1.82, 2.24) is 0 Å². The van der Waals surface area contributed by atoms with Gasteiger partial charge in [-0.05, 0) is 0 Å². The molecule has 0 aromatic carbocycles. The minimum Gasteiger partial charge on any atom is -0.400 e. The van der Waals surface area contributed by atoms with Gasteiger partial charge in [0.15, 0.2) is 0 Å². The zero-order valence-corrected chi connectivity index (χ0v) is 4.43. The Kier molecular flexibility index (Phi) is 4.25. The Morgan fingerprint density at radius 3 is 1.60 bits per heavy atom. The molecule has 0 amide bonds. The van der Waals surface area contributed by atoms with Gasteiger partial charge >= 0.3 is 0 Å². The van der Waals surface area contributed by atoms with Crippen LogP contribution in [0, 0.1) is 0 Å². The lowest BCUT2D eigenvalue weighted by atomic mass is 11.7. The number of hydrogen-bond donors (Lipinski definition) is 2. The Balaban J connectivity index is 2.19. The molecule has 0 unspecified atom stereocenters. The van der Waals surface area contributed by atoms with Gasteiger partial charge in [0.05, 0.1) is 9.52 Å². The van der Waals surface area contributed by atoms with Crippen LogP contribution in [-0.4, -0.2) is 32.2 Å². The van der Waals surface area contributed by atoms with E-state index in [1.807, 2.05) is 0 Å². The topological polar surface area (TPSA) is 40.5 Å². The van der Waals surface area contributed by atoms with Crippen molar-refractivity contribution in [3.05, 3.63) is 0 Å². The molecule has 0 atom stereocenters. The molecule has 0 saturated heterocycles. The van der Waals surface area contributed by atoms with E-state index < -0.39 is 9.52 Å². The lowest BCUT2D eigenvalue weighted by Gasteiger charge is -1.77. The summed E-state index contributed by atoms with van der Waals surface area (Å²) in [5, 5.41) is 15.9. The zero-order valence-electron chi connectivity index (χ0n) is 3.02. The van der Waals surface area contributed by atoms with Crippen molar-refractivity contribution < 1.29 is 10.2 Å². The maximum absolute atomic E-state index is 7.97. The van der Waals surface area contributed by atoms with Crippen LogP contribution >= 0.6 is 0 Å². The summed E-state index contributed by atoms with van der Waals surface area (Å²) in [6.07, 6.45) is 0.465. The third kappa shape index (κ3) is 4.14. The zero-order chi connectivity index (χ0) is 4.12. The highest BCUT2D eigenvalue weighted by molar-refractivity contribution is 6.34. The molecule has 32 valence electrons. The molecule has 0 aromatic heterocycles. The third-order valence-corrected chi connectivity index (χ3v) is 0.949. The molecule has 0 fully saturated rings. The first-order valence-electron chi connectivity index (χ1n) is 1.63. The smallest absolute Gasteiger partial charge is 0.0815 e. The van der Waals surface area contributed by atoms with E-state index >= 15 is 0 Å². The van der Waals surface area contributed by atoms with Gasteiger partial charge < -0.3 is 10.2 Å². The molecular weight excluding hydrogens is 84.1 g/mol. The number of rotatable bonds is 2. The molecule has 0 rings (SSSR count). The summed E-state index contributed by atoms with van der Waals surface area (Å²) in [7, 11) is -0.457. The summed E-state index contributed by atoms with van der Waals surface area (Å²) in [4.78, 5) is 0. The first-order chi connectivity index (χ1) is 2.41. The van der Waals surface area contributed by atoms with Crippen molar-refractivity contribution >= 4 is 9.52 Å². The Morgan fingerprint density at radius 1 is 1.20 bits per heavy atom. The van der Waals surface area contributed by atoms with Gasteiger partial charge in [-0.15, -0.1) is 0 Å². The minimum absolute atomic E-state index is 0.233. The van der Waals surface area contributed by atoms with Crippen molar-refractivity contribution in [2.45, 2.75) is 0 Å². The van der Waals surface area contributed by atoms with Gasteiger partial charge in [0, 0.05) is 12.5 Å². The van der Waals surface area contributed by atoms with E-state index in [0.717, 1.165) is 0 Å². The van der Waals surface area contributed by atoms with E-state index in [9.17, 15) is 0 Å². The summed E-state index contributed by atoms with van der Waals surface area (Å²) in [6.45, 7) is 0.